The summed E-state index contributed by atoms with van der Waals surface area (Å²) >= 11 is 0. The van der Waals surface area contributed by atoms with E-state index in [1.807, 2.05) is 12.1 Å². The van der Waals surface area contributed by atoms with Crippen molar-refractivity contribution in [3.05, 3.63) is 97.2 Å². The van der Waals surface area contributed by atoms with Gasteiger partial charge in [-0.25, -0.2) is 4.98 Å². The van der Waals surface area contributed by atoms with Gasteiger partial charge in [0.2, 0.25) is 0 Å². The van der Waals surface area contributed by atoms with Gasteiger partial charge >= 0.3 is 0 Å². The number of rotatable bonds is 2. The summed E-state index contributed by atoms with van der Waals surface area (Å²) in [6.07, 6.45) is 2.12. The predicted molar refractivity (Wildman–Crippen MR) is 104 cm³/mol. The largest absolute Gasteiger partial charge is 0.298 e. The van der Waals surface area contributed by atoms with Crippen LogP contribution in [0.25, 0.3) is 38.9 Å². The van der Waals surface area contributed by atoms with Crippen molar-refractivity contribution in [2.45, 2.75) is 0 Å². The fraction of sp³-hybridized carbons (Fsp3) is 0. The van der Waals surface area contributed by atoms with Gasteiger partial charge < -0.3 is 0 Å². The van der Waals surface area contributed by atoms with E-state index in [1.54, 1.807) is 0 Å². The van der Waals surface area contributed by atoms with E-state index in [4.69, 9.17) is 4.98 Å². The minimum Gasteiger partial charge on any atom is -0.298 e. The molecule has 118 valence electrons. The van der Waals surface area contributed by atoms with Gasteiger partial charge in [0, 0.05) is 22.7 Å². The normalized spacial score (nSPS) is 11.2. The number of hydrogen-bond acceptors (Lipinski definition) is 1. The highest BCUT2D eigenvalue weighted by molar-refractivity contribution is 6.03. The van der Waals surface area contributed by atoms with Crippen molar-refractivity contribution in [3.8, 4) is 22.6 Å². The lowest BCUT2D eigenvalue weighted by Crippen LogP contribution is -1.89. The van der Waals surface area contributed by atoms with Gasteiger partial charge in [0.05, 0.1) is 11.2 Å². The van der Waals surface area contributed by atoms with Crippen LogP contribution in [0.4, 0.5) is 0 Å². The van der Waals surface area contributed by atoms with E-state index in [9.17, 15) is 0 Å². The van der Waals surface area contributed by atoms with Crippen LogP contribution in [0.5, 0.6) is 0 Å². The van der Waals surface area contributed by atoms with Crippen LogP contribution in [0.2, 0.25) is 0 Å². The summed E-state index contributed by atoms with van der Waals surface area (Å²) in [7, 11) is 0. The molecule has 2 nitrogen and oxygen atoms in total. The average molecular weight is 320 g/mol. The second-order valence-electron chi connectivity index (χ2n) is 6.14. The maximum absolute atomic E-state index is 5.04. The number of aromatic nitrogens is 2. The van der Waals surface area contributed by atoms with Gasteiger partial charge in [-0.3, -0.25) is 4.40 Å². The molecule has 2 aromatic heterocycles. The molecule has 0 amide bonds. The maximum atomic E-state index is 5.04. The van der Waals surface area contributed by atoms with E-state index < -0.39 is 0 Å². The van der Waals surface area contributed by atoms with Crippen molar-refractivity contribution in [1.29, 1.82) is 0 Å². The Morgan fingerprint density at radius 1 is 0.600 bits per heavy atom. The molecule has 0 fully saturated rings. The quantitative estimate of drug-likeness (QED) is 0.400. The molecule has 0 radical (unpaired) electrons. The molecule has 25 heavy (non-hydrogen) atoms. The van der Waals surface area contributed by atoms with E-state index in [0.717, 1.165) is 28.2 Å². The van der Waals surface area contributed by atoms with E-state index in [0.29, 0.717) is 0 Å². The maximum Gasteiger partial charge on any atom is 0.145 e. The zero-order chi connectivity index (χ0) is 16.6. The van der Waals surface area contributed by atoms with Gasteiger partial charge in [0.1, 0.15) is 5.82 Å². The molecule has 0 atom stereocenters. The molecule has 2 heterocycles. The molecule has 2 heteroatoms. The Bertz CT molecular complexity index is 1170. The number of nitrogens with zero attached hydrogens (tertiary/aromatic N) is 2. The molecule has 0 aliphatic heterocycles. The van der Waals surface area contributed by atoms with Crippen LogP contribution in [-0.2, 0) is 0 Å². The van der Waals surface area contributed by atoms with Crippen LogP contribution in [0.3, 0.4) is 0 Å². The molecule has 5 aromatic rings. The summed E-state index contributed by atoms with van der Waals surface area (Å²) in [5.41, 5.74) is 4.44. The standard InChI is InChI=1S/C23H16N2/c1-3-10-18(11-4-1)21-22-20-14-8-7-9-17(20)15-16-25(22)23(24-21)19-12-5-2-6-13-19/h1-16H. The van der Waals surface area contributed by atoms with Crippen LogP contribution in [0.1, 0.15) is 0 Å². The first-order chi connectivity index (χ1) is 12.4. The fourth-order valence-corrected chi connectivity index (χ4v) is 3.44. The van der Waals surface area contributed by atoms with Crippen LogP contribution in [0, 0.1) is 0 Å². The Balaban J connectivity index is 1.94. The Morgan fingerprint density at radius 3 is 2.00 bits per heavy atom. The molecule has 0 spiro atoms. The smallest absolute Gasteiger partial charge is 0.145 e. The zero-order valence-electron chi connectivity index (χ0n) is 13.6. The number of pyridine rings is 1. The zero-order valence-corrected chi connectivity index (χ0v) is 13.6. The van der Waals surface area contributed by atoms with Gasteiger partial charge in [-0.15, -0.1) is 0 Å². The summed E-state index contributed by atoms with van der Waals surface area (Å²) < 4.78 is 2.21. The molecule has 0 unspecified atom stereocenters. The molecule has 0 aliphatic carbocycles. The summed E-state index contributed by atoms with van der Waals surface area (Å²) in [5.74, 6) is 0.972. The first-order valence-corrected chi connectivity index (χ1v) is 8.42. The molecule has 0 bridgehead atoms. The highest BCUT2D eigenvalue weighted by atomic mass is 15.0. The molecular formula is C23H16N2. The number of benzene rings is 3. The molecular weight excluding hydrogens is 304 g/mol. The number of fused-ring (bicyclic) bond motifs is 3. The van der Waals surface area contributed by atoms with Crippen molar-refractivity contribution < 1.29 is 0 Å². The minimum atomic E-state index is 0.972. The molecule has 0 aliphatic rings. The minimum absolute atomic E-state index is 0.972. The van der Waals surface area contributed by atoms with Crippen molar-refractivity contribution >= 4 is 16.3 Å². The highest BCUT2D eigenvalue weighted by Gasteiger charge is 2.16. The monoisotopic (exact) mass is 320 g/mol. The molecule has 3 aromatic carbocycles. The summed E-state index contributed by atoms with van der Waals surface area (Å²) in [6.45, 7) is 0. The molecule has 0 saturated heterocycles. The van der Waals surface area contributed by atoms with Crippen LogP contribution in [0.15, 0.2) is 97.2 Å². The lowest BCUT2D eigenvalue weighted by molar-refractivity contribution is 1.17. The Morgan fingerprint density at radius 2 is 1.24 bits per heavy atom. The Labute approximate surface area is 146 Å². The summed E-state index contributed by atoms with van der Waals surface area (Å²) in [6, 6.07) is 31.4. The lowest BCUT2D eigenvalue weighted by Gasteiger charge is -2.05. The third kappa shape index (κ3) is 2.23. The van der Waals surface area contributed by atoms with Crippen molar-refractivity contribution in [1.82, 2.24) is 9.38 Å². The topological polar surface area (TPSA) is 17.3 Å². The number of imidazole rings is 1. The van der Waals surface area contributed by atoms with Crippen molar-refractivity contribution in [3.63, 3.8) is 0 Å². The molecule has 0 saturated carbocycles. The summed E-state index contributed by atoms with van der Waals surface area (Å²) in [5, 5.41) is 2.45. The first kappa shape index (κ1) is 14.0. The van der Waals surface area contributed by atoms with Gasteiger partial charge in [-0.1, -0.05) is 84.9 Å². The second kappa shape index (κ2) is 5.60. The molecule has 0 N–H and O–H groups in total. The highest BCUT2D eigenvalue weighted by Crippen LogP contribution is 2.33. The third-order valence-electron chi connectivity index (χ3n) is 4.61. The second-order valence-corrected chi connectivity index (χ2v) is 6.14. The van der Waals surface area contributed by atoms with Crippen LogP contribution >= 0.6 is 0 Å². The average Bonchev–Trinajstić information content (AvgIpc) is 3.09. The van der Waals surface area contributed by atoms with E-state index in [1.165, 1.54) is 10.8 Å². The number of hydrogen-bond donors (Lipinski definition) is 0. The third-order valence-corrected chi connectivity index (χ3v) is 4.61. The molecule has 5 rings (SSSR count). The van der Waals surface area contributed by atoms with E-state index in [-0.39, 0.29) is 0 Å². The van der Waals surface area contributed by atoms with Crippen molar-refractivity contribution in [2.24, 2.45) is 0 Å². The van der Waals surface area contributed by atoms with Crippen LogP contribution in [-0.4, -0.2) is 9.38 Å². The van der Waals surface area contributed by atoms with Crippen LogP contribution < -0.4 is 0 Å². The fourth-order valence-electron chi connectivity index (χ4n) is 3.44. The van der Waals surface area contributed by atoms with Gasteiger partial charge in [-0.2, -0.15) is 0 Å². The van der Waals surface area contributed by atoms with Gasteiger partial charge in [-0.05, 0) is 11.5 Å². The Hall–Kier alpha value is -3.39. The van der Waals surface area contributed by atoms with E-state index in [2.05, 4.69) is 89.5 Å². The van der Waals surface area contributed by atoms with Gasteiger partial charge in [0.15, 0.2) is 0 Å². The lowest BCUT2D eigenvalue weighted by atomic mass is 10.1. The van der Waals surface area contributed by atoms with Crippen molar-refractivity contribution in [2.75, 3.05) is 0 Å². The summed E-state index contributed by atoms with van der Waals surface area (Å²) in [4.78, 5) is 5.04. The first-order valence-electron chi connectivity index (χ1n) is 8.42. The SMILES string of the molecule is c1ccc(-c2nc(-c3ccccc3)n3ccc4ccccc4c23)cc1. The Kier molecular flexibility index (Phi) is 3.14. The predicted octanol–water partition coefficient (Wildman–Crippen LogP) is 5.82. The van der Waals surface area contributed by atoms with E-state index >= 15 is 0 Å². The van der Waals surface area contributed by atoms with Gasteiger partial charge in [0.25, 0.3) is 0 Å².